The van der Waals surface area contributed by atoms with Crippen LogP contribution in [0.2, 0.25) is 0 Å². The average Bonchev–Trinajstić information content (AvgIpc) is 2.04. The van der Waals surface area contributed by atoms with E-state index in [9.17, 15) is 4.79 Å². The molecule has 76 valence electrons. The van der Waals surface area contributed by atoms with Crippen LogP contribution in [0.25, 0.3) is 0 Å². The minimum Gasteiger partial charge on any atom is -0.478 e. The molecule has 0 bridgehead atoms. The number of nitrogens with zero attached hydrogens (tertiary/aromatic N) is 1. The van der Waals surface area contributed by atoms with E-state index in [2.05, 4.69) is 0 Å². The summed E-state index contributed by atoms with van der Waals surface area (Å²) in [4.78, 5) is 12.8. The molecule has 1 atom stereocenters. The van der Waals surface area contributed by atoms with Crippen LogP contribution >= 0.6 is 0 Å². The van der Waals surface area contributed by atoms with E-state index in [-0.39, 0.29) is 6.04 Å². The van der Waals surface area contributed by atoms with Crippen molar-refractivity contribution in [2.24, 2.45) is 0 Å². The van der Waals surface area contributed by atoms with Crippen LogP contribution in [0.15, 0.2) is 11.1 Å². The molecule has 0 aliphatic heterocycles. The largest absolute Gasteiger partial charge is 0.478 e. The van der Waals surface area contributed by atoms with Gasteiger partial charge in [0.15, 0.2) is 0 Å². The van der Waals surface area contributed by atoms with Gasteiger partial charge in [0.05, 0.1) is 0 Å². The van der Waals surface area contributed by atoms with Gasteiger partial charge in [-0.1, -0.05) is 6.92 Å². The molecule has 1 unspecified atom stereocenters. The second kappa shape index (κ2) is 5.02. The van der Waals surface area contributed by atoms with Gasteiger partial charge in [0.25, 0.3) is 0 Å². The highest BCUT2D eigenvalue weighted by Crippen LogP contribution is 2.16. The molecule has 1 N–H and O–H groups in total. The maximum absolute atomic E-state index is 10.8. The molecular weight excluding hydrogens is 166 g/mol. The third kappa shape index (κ3) is 3.19. The number of hydrogen-bond donors (Lipinski definition) is 1. The SMILES string of the molecule is CC/C(=C(\C)C(=O)O)C(C)N(C)C. The molecule has 0 fully saturated rings. The zero-order valence-electron chi connectivity index (χ0n) is 9.09. The lowest BCUT2D eigenvalue weighted by atomic mass is 9.99. The highest BCUT2D eigenvalue weighted by Gasteiger charge is 2.15. The first-order valence-electron chi connectivity index (χ1n) is 4.51. The van der Waals surface area contributed by atoms with Gasteiger partial charge >= 0.3 is 5.97 Å². The van der Waals surface area contributed by atoms with Crippen molar-refractivity contribution in [2.45, 2.75) is 33.2 Å². The van der Waals surface area contributed by atoms with Crippen LogP contribution in [-0.4, -0.2) is 36.1 Å². The van der Waals surface area contributed by atoms with Crippen molar-refractivity contribution >= 4 is 5.97 Å². The Morgan fingerprint density at radius 1 is 1.46 bits per heavy atom. The van der Waals surface area contributed by atoms with Crippen molar-refractivity contribution in [2.75, 3.05) is 14.1 Å². The maximum Gasteiger partial charge on any atom is 0.331 e. The molecule has 0 rings (SSSR count). The van der Waals surface area contributed by atoms with Gasteiger partial charge in [0.2, 0.25) is 0 Å². The zero-order chi connectivity index (χ0) is 10.6. The van der Waals surface area contributed by atoms with Gasteiger partial charge in [-0.3, -0.25) is 0 Å². The van der Waals surface area contributed by atoms with E-state index in [0.717, 1.165) is 12.0 Å². The first-order valence-corrected chi connectivity index (χ1v) is 4.51. The number of rotatable bonds is 4. The van der Waals surface area contributed by atoms with Crippen LogP contribution in [-0.2, 0) is 4.79 Å². The molecule has 0 aromatic heterocycles. The molecule has 0 amide bonds. The monoisotopic (exact) mass is 185 g/mol. The standard InChI is InChI=1S/C10H19NO2/c1-6-9(7(2)10(12)13)8(3)11(4)5/h8H,6H2,1-5H3,(H,12,13)/b9-7-. The summed E-state index contributed by atoms with van der Waals surface area (Å²) in [5.41, 5.74) is 1.47. The molecule has 13 heavy (non-hydrogen) atoms. The number of carbonyl (C=O) groups is 1. The second-order valence-corrected chi connectivity index (χ2v) is 3.45. The third-order valence-corrected chi connectivity index (χ3v) is 2.46. The number of hydrogen-bond acceptors (Lipinski definition) is 2. The minimum absolute atomic E-state index is 0.195. The minimum atomic E-state index is -0.814. The second-order valence-electron chi connectivity index (χ2n) is 3.45. The first kappa shape index (κ1) is 12.2. The smallest absolute Gasteiger partial charge is 0.331 e. The Labute approximate surface area is 80.0 Å². The van der Waals surface area contributed by atoms with Crippen LogP contribution in [0, 0.1) is 0 Å². The van der Waals surface area contributed by atoms with E-state index < -0.39 is 5.97 Å². The van der Waals surface area contributed by atoms with Crippen molar-refractivity contribution in [1.29, 1.82) is 0 Å². The average molecular weight is 185 g/mol. The van der Waals surface area contributed by atoms with E-state index in [0.29, 0.717) is 5.57 Å². The summed E-state index contributed by atoms with van der Waals surface area (Å²) < 4.78 is 0. The van der Waals surface area contributed by atoms with Gasteiger partial charge in [0.1, 0.15) is 0 Å². The molecule has 0 aromatic carbocycles. The Bertz CT molecular complexity index is 219. The Hall–Kier alpha value is -0.830. The van der Waals surface area contributed by atoms with Crippen molar-refractivity contribution in [3.8, 4) is 0 Å². The fourth-order valence-corrected chi connectivity index (χ4v) is 1.32. The lowest BCUT2D eigenvalue weighted by Crippen LogP contribution is -2.28. The highest BCUT2D eigenvalue weighted by molar-refractivity contribution is 5.87. The van der Waals surface area contributed by atoms with Gasteiger partial charge in [0, 0.05) is 11.6 Å². The number of aliphatic carboxylic acids is 1. The van der Waals surface area contributed by atoms with Crippen LogP contribution < -0.4 is 0 Å². The van der Waals surface area contributed by atoms with Crippen molar-refractivity contribution < 1.29 is 9.90 Å². The van der Waals surface area contributed by atoms with Crippen molar-refractivity contribution in [3.63, 3.8) is 0 Å². The van der Waals surface area contributed by atoms with Crippen molar-refractivity contribution in [1.82, 2.24) is 4.90 Å². The molecule has 0 saturated carbocycles. The molecular formula is C10H19NO2. The van der Waals surface area contributed by atoms with Crippen LogP contribution in [0.1, 0.15) is 27.2 Å². The molecule has 0 heterocycles. The maximum atomic E-state index is 10.8. The Morgan fingerprint density at radius 3 is 2.15 bits per heavy atom. The van der Waals surface area contributed by atoms with E-state index in [4.69, 9.17) is 5.11 Å². The topological polar surface area (TPSA) is 40.5 Å². The van der Waals surface area contributed by atoms with E-state index >= 15 is 0 Å². The lowest BCUT2D eigenvalue weighted by Gasteiger charge is -2.23. The Balaban J connectivity index is 4.87. The fraction of sp³-hybridized carbons (Fsp3) is 0.700. The van der Waals surface area contributed by atoms with Crippen LogP contribution in [0.5, 0.6) is 0 Å². The molecule has 0 aliphatic rings. The van der Waals surface area contributed by atoms with Gasteiger partial charge in [-0.05, 0) is 39.9 Å². The van der Waals surface area contributed by atoms with Gasteiger partial charge in [-0.15, -0.1) is 0 Å². The summed E-state index contributed by atoms with van der Waals surface area (Å²) >= 11 is 0. The first-order chi connectivity index (χ1) is 5.91. The normalized spacial score (nSPS) is 15.5. The van der Waals surface area contributed by atoms with Gasteiger partial charge in [-0.2, -0.15) is 0 Å². The predicted octanol–water partition coefficient (Wildman–Crippen LogP) is 1.75. The molecule has 0 aromatic rings. The summed E-state index contributed by atoms with van der Waals surface area (Å²) in [6.07, 6.45) is 0.789. The van der Waals surface area contributed by atoms with Crippen LogP contribution in [0.4, 0.5) is 0 Å². The fourth-order valence-electron chi connectivity index (χ4n) is 1.32. The molecule has 0 spiro atoms. The van der Waals surface area contributed by atoms with Crippen LogP contribution in [0.3, 0.4) is 0 Å². The third-order valence-electron chi connectivity index (χ3n) is 2.46. The number of carboxylic acid groups (broad SMARTS) is 1. The highest BCUT2D eigenvalue weighted by atomic mass is 16.4. The predicted molar refractivity (Wildman–Crippen MR) is 53.8 cm³/mol. The summed E-state index contributed by atoms with van der Waals surface area (Å²) in [5, 5.41) is 8.84. The van der Waals surface area contributed by atoms with Gasteiger partial charge in [-0.25, -0.2) is 4.79 Å². The number of carboxylic acids is 1. The summed E-state index contributed by atoms with van der Waals surface area (Å²) in [6, 6.07) is 0.195. The quantitative estimate of drug-likeness (QED) is 0.678. The summed E-state index contributed by atoms with van der Waals surface area (Å²) in [6.45, 7) is 5.67. The zero-order valence-corrected chi connectivity index (χ0v) is 9.09. The molecule has 0 aliphatic carbocycles. The molecule has 3 nitrogen and oxygen atoms in total. The Morgan fingerprint density at radius 2 is 1.92 bits per heavy atom. The summed E-state index contributed by atoms with van der Waals surface area (Å²) in [5.74, 6) is -0.814. The molecule has 0 saturated heterocycles. The van der Waals surface area contributed by atoms with Crippen molar-refractivity contribution in [3.05, 3.63) is 11.1 Å². The van der Waals surface area contributed by atoms with E-state index in [1.54, 1.807) is 6.92 Å². The lowest BCUT2D eigenvalue weighted by molar-refractivity contribution is -0.132. The number of likely N-dealkylation sites (N-methyl/N-ethyl adjacent to an activating group) is 1. The molecule has 3 heteroatoms. The van der Waals surface area contributed by atoms with E-state index in [1.807, 2.05) is 32.8 Å². The van der Waals surface area contributed by atoms with Gasteiger partial charge < -0.3 is 10.0 Å². The van der Waals surface area contributed by atoms with E-state index in [1.165, 1.54) is 0 Å². The Kier molecular flexibility index (Phi) is 4.70. The molecule has 0 radical (unpaired) electrons. The summed E-state index contributed by atoms with van der Waals surface area (Å²) in [7, 11) is 3.91.